The van der Waals surface area contributed by atoms with Crippen LogP contribution in [0.25, 0.3) is 0 Å². The number of carbonyl (C=O) groups is 1. The van der Waals surface area contributed by atoms with Crippen LogP contribution in [0.1, 0.15) is 23.6 Å². The van der Waals surface area contributed by atoms with Crippen molar-refractivity contribution < 1.29 is 14.3 Å². The quantitative estimate of drug-likeness (QED) is 0.845. The smallest absolute Gasteiger partial charge is 0.256 e. The minimum absolute atomic E-state index is 0.0610. The molecule has 1 aliphatic rings. The van der Waals surface area contributed by atoms with Gasteiger partial charge in [0.2, 0.25) is 0 Å². The SMILES string of the molecule is COC(C(=O)N1CCOC(c2nncn2C)C1)c1ccccc1. The van der Waals surface area contributed by atoms with E-state index in [2.05, 4.69) is 10.2 Å². The highest BCUT2D eigenvalue weighted by molar-refractivity contribution is 5.82. The Morgan fingerprint density at radius 1 is 1.39 bits per heavy atom. The molecule has 1 aromatic heterocycles. The molecule has 2 heterocycles. The van der Waals surface area contributed by atoms with Crippen molar-refractivity contribution >= 4 is 5.91 Å². The number of amides is 1. The standard InChI is InChI=1S/C16H20N4O3/c1-19-11-17-18-15(19)13-10-20(8-9-23-13)16(21)14(22-2)12-6-4-3-5-7-12/h3-7,11,13-14H,8-10H2,1-2H3. The average molecular weight is 316 g/mol. The molecule has 0 radical (unpaired) electrons. The number of carbonyl (C=O) groups excluding carboxylic acids is 1. The molecule has 2 unspecified atom stereocenters. The highest BCUT2D eigenvalue weighted by Gasteiger charge is 2.32. The zero-order valence-electron chi connectivity index (χ0n) is 13.3. The molecule has 7 heteroatoms. The maximum atomic E-state index is 12.8. The second-order valence-electron chi connectivity index (χ2n) is 5.47. The summed E-state index contributed by atoms with van der Waals surface area (Å²) in [5.41, 5.74) is 0.849. The lowest BCUT2D eigenvalue weighted by Crippen LogP contribution is -2.45. The van der Waals surface area contributed by atoms with Crippen molar-refractivity contribution in [2.45, 2.75) is 12.2 Å². The van der Waals surface area contributed by atoms with Crippen LogP contribution >= 0.6 is 0 Å². The molecule has 1 aliphatic heterocycles. The van der Waals surface area contributed by atoms with Crippen LogP contribution in [0.4, 0.5) is 0 Å². The number of ether oxygens (including phenoxy) is 2. The van der Waals surface area contributed by atoms with Gasteiger partial charge in [0, 0.05) is 20.7 Å². The molecule has 0 aliphatic carbocycles. The zero-order valence-corrected chi connectivity index (χ0v) is 13.3. The zero-order chi connectivity index (χ0) is 16.2. The van der Waals surface area contributed by atoms with Crippen LogP contribution in [-0.4, -0.2) is 52.4 Å². The Morgan fingerprint density at radius 2 is 2.17 bits per heavy atom. The number of methoxy groups -OCH3 is 1. The number of aromatic nitrogens is 3. The lowest BCUT2D eigenvalue weighted by atomic mass is 10.1. The number of benzene rings is 1. The molecule has 23 heavy (non-hydrogen) atoms. The first kappa shape index (κ1) is 15.6. The van der Waals surface area contributed by atoms with Gasteiger partial charge in [0.15, 0.2) is 11.9 Å². The summed E-state index contributed by atoms with van der Waals surface area (Å²) in [6.07, 6.45) is 0.754. The maximum absolute atomic E-state index is 12.8. The molecule has 122 valence electrons. The van der Waals surface area contributed by atoms with Crippen molar-refractivity contribution in [3.8, 4) is 0 Å². The third-order valence-electron chi connectivity index (χ3n) is 3.97. The second-order valence-corrected chi connectivity index (χ2v) is 5.47. The van der Waals surface area contributed by atoms with E-state index >= 15 is 0 Å². The number of hydrogen-bond donors (Lipinski definition) is 0. The number of nitrogens with zero attached hydrogens (tertiary/aromatic N) is 4. The van der Waals surface area contributed by atoms with Gasteiger partial charge >= 0.3 is 0 Å². The highest BCUT2D eigenvalue weighted by atomic mass is 16.5. The summed E-state index contributed by atoms with van der Waals surface area (Å²) in [6, 6.07) is 9.51. The summed E-state index contributed by atoms with van der Waals surface area (Å²) in [5.74, 6) is 0.658. The van der Waals surface area contributed by atoms with Crippen LogP contribution in [-0.2, 0) is 21.3 Å². The molecule has 0 spiro atoms. The molecule has 2 aromatic rings. The monoisotopic (exact) mass is 316 g/mol. The Labute approximate surface area is 134 Å². The second kappa shape index (κ2) is 6.89. The van der Waals surface area contributed by atoms with E-state index in [-0.39, 0.29) is 12.0 Å². The summed E-state index contributed by atoms with van der Waals surface area (Å²) >= 11 is 0. The summed E-state index contributed by atoms with van der Waals surface area (Å²) < 4.78 is 13.0. The van der Waals surface area contributed by atoms with E-state index in [4.69, 9.17) is 9.47 Å². The topological polar surface area (TPSA) is 69.5 Å². The van der Waals surface area contributed by atoms with E-state index in [1.807, 2.05) is 41.9 Å². The summed E-state index contributed by atoms with van der Waals surface area (Å²) in [7, 11) is 3.41. The van der Waals surface area contributed by atoms with Gasteiger partial charge in [0.1, 0.15) is 12.4 Å². The first-order valence-corrected chi connectivity index (χ1v) is 7.52. The minimum atomic E-state index is -0.602. The summed E-state index contributed by atoms with van der Waals surface area (Å²) in [6.45, 7) is 1.45. The van der Waals surface area contributed by atoms with E-state index in [1.165, 1.54) is 0 Å². The minimum Gasteiger partial charge on any atom is -0.367 e. The van der Waals surface area contributed by atoms with Crippen LogP contribution in [0.3, 0.4) is 0 Å². The van der Waals surface area contributed by atoms with Crippen LogP contribution in [0.2, 0.25) is 0 Å². The van der Waals surface area contributed by atoms with E-state index in [0.717, 1.165) is 11.4 Å². The van der Waals surface area contributed by atoms with E-state index in [1.54, 1.807) is 18.3 Å². The first-order valence-electron chi connectivity index (χ1n) is 7.52. The van der Waals surface area contributed by atoms with Crippen LogP contribution in [0, 0.1) is 0 Å². The molecule has 1 aromatic carbocycles. The van der Waals surface area contributed by atoms with Crippen molar-refractivity contribution in [1.29, 1.82) is 0 Å². The van der Waals surface area contributed by atoms with Gasteiger partial charge in [-0.3, -0.25) is 4.79 Å². The van der Waals surface area contributed by atoms with Gasteiger partial charge in [-0.2, -0.15) is 0 Å². The van der Waals surface area contributed by atoms with Crippen molar-refractivity contribution in [3.63, 3.8) is 0 Å². The van der Waals surface area contributed by atoms with Crippen molar-refractivity contribution in [3.05, 3.63) is 48.0 Å². The molecule has 1 fully saturated rings. The molecule has 0 saturated carbocycles. The van der Waals surface area contributed by atoms with Gasteiger partial charge in [0.05, 0.1) is 13.2 Å². The van der Waals surface area contributed by atoms with E-state index in [9.17, 15) is 4.79 Å². The molecule has 2 atom stereocenters. The van der Waals surface area contributed by atoms with Crippen LogP contribution < -0.4 is 0 Å². The molecule has 0 bridgehead atoms. The van der Waals surface area contributed by atoms with Crippen LogP contribution in [0.5, 0.6) is 0 Å². The van der Waals surface area contributed by atoms with Gasteiger partial charge in [-0.05, 0) is 5.56 Å². The third kappa shape index (κ3) is 3.25. The molecule has 1 saturated heterocycles. The Balaban J connectivity index is 1.75. The average Bonchev–Trinajstić information content (AvgIpc) is 3.02. The molecule has 1 amide bonds. The summed E-state index contributed by atoms with van der Waals surface area (Å²) in [4.78, 5) is 14.6. The lowest BCUT2D eigenvalue weighted by molar-refractivity contribution is -0.150. The van der Waals surface area contributed by atoms with Crippen molar-refractivity contribution in [1.82, 2.24) is 19.7 Å². The number of hydrogen-bond acceptors (Lipinski definition) is 5. The fourth-order valence-corrected chi connectivity index (χ4v) is 2.76. The molecule has 0 N–H and O–H groups in total. The van der Waals surface area contributed by atoms with Gasteiger partial charge < -0.3 is 18.9 Å². The Kier molecular flexibility index (Phi) is 4.68. The number of morpholine rings is 1. The fraction of sp³-hybridized carbons (Fsp3) is 0.438. The lowest BCUT2D eigenvalue weighted by Gasteiger charge is -2.34. The van der Waals surface area contributed by atoms with Gasteiger partial charge in [-0.25, -0.2) is 0 Å². The molecular weight excluding hydrogens is 296 g/mol. The Morgan fingerprint density at radius 3 is 2.83 bits per heavy atom. The number of rotatable bonds is 4. The fourth-order valence-electron chi connectivity index (χ4n) is 2.76. The van der Waals surface area contributed by atoms with E-state index < -0.39 is 6.10 Å². The first-order chi connectivity index (χ1) is 11.2. The maximum Gasteiger partial charge on any atom is 0.256 e. The van der Waals surface area contributed by atoms with Crippen molar-refractivity contribution in [2.75, 3.05) is 26.8 Å². The predicted octanol–water partition coefficient (Wildman–Crippen LogP) is 1.10. The molecular formula is C16H20N4O3. The van der Waals surface area contributed by atoms with E-state index in [0.29, 0.717) is 19.7 Å². The Hall–Kier alpha value is -2.25. The predicted molar refractivity (Wildman–Crippen MR) is 82.5 cm³/mol. The normalized spacial score (nSPS) is 19.6. The highest BCUT2D eigenvalue weighted by Crippen LogP contribution is 2.24. The summed E-state index contributed by atoms with van der Waals surface area (Å²) in [5, 5.41) is 7.95. The number of aryl methyl sites for hydroxylation is 1. The molecule has 3 rings (SSSR count). The van der Waals surface area contributed by atoms with Gasteiger partial charge in [0.25, 0.3) is 5.91 Å². The van der Waals surface area contributed by atoms with Crippen molar-refractivity contribution in [2.24, 2.45) is 7.05 Å². The third-order valence-corrected chi connectivity index (χ3v) is 3.97. The largest absolute Gasteiger partial charge is 0.367 e. The van der Waals surface area contributed by atoms with Crippen LogP contribution in [0.15, 0.2) is 36.7 Å². The molecule has 7 nitrogen and oxygen atoms in total. The van der Waals surface area contributed by atoms with Gasteiger partial charge in [-0.1, -0.05) is 30.3 Å². The van der Waals surface area contributed by atoms with Gasteiger partial charge in [-0.15, -0.1) is 10.2 Å². The Bertz CT molecular complexity index is 658.